The van der Waals surface area contributed by atoms with Crippen molar-refractivity contribution in [3.05, 3.63) is 107 Å². The number of rotatable bonds is 22. The van der Waals surface area contributed by atoms with Gasteiger partial charge in [0.15, 0.2) is 7.98 Å². The first-order valence-electron chi connectivity index (χ1n) is 25.5. The summed E-state index contributed by atoms with van der Waals surface area (Å²) in [5, 5.41) is 19.3. The molecule has 6 amide bonds. The van der Waals surface area contributed by atoms with Crippen LogP contribution in [0.15, 0.2) is 84.9 Å². The van der Waals surface area contributed by atoms with Gasteiger partial charge in [-0.05, 0) is 120 Å². The standard InChI is InChI=1S/C55H81BN10O6/c1-36(63(9)10)48(67)61-46(54(3,4)5)52(71)65-34-42(30-44(65)32-57-28-26-38-18-14-12-15-19-38)59-50(69)40-22-24-41(25-23-40)51(70)60-43-31-45(33-58-29-27-39-20-16-13-17-21-39)66(35-43)53(72)47(55(6,7)8)62-49(68)37(2)64(11)56/h12-25,36-37,42-47,57-58H,26-35H2,1-11H3,(H,59,69)(H,60,70)(H,61,67)(H,62,68)/t36-,37-,42-,43-,44-,45-,46+,47+/m0/s1. The molecule has 2 aliphatic rings. The van der Waals surface area contributed by atoms with Gasteiger partial charge in [0.2, 0.25) is 23.6 Å². The lowest BCUT2D eigenvalue weighted by molar-refractivity contribution is -0.141. The van der Waals surface area contributed by atoms with Gasteiger partial charge in [0.05, 0.1) is 12.1 Å². The minimum Gasteiger partial charge on any atom is -0.347 e. The molecule has 2 fully saturated rings. The first-order chi connectivity index (χ1) is 33.9. The summed E-state index contributed by atoms with van der Waals surface area (Å²) < 4.78 is 0. The molecule has 0 spiro atoms. The van der Waals surface area contributed by atoms with Crippen LogP contribution in [0.25, 0.3) is 0 Å². The Labute approximate surface area is 430 Å². The number of likely N-dealkylation sites (N-methyl/N-ethyl adjacent to an activating group) is 2. The van der Waals surface area contributed by atoms with Crippen LogP contribution in [0.2, 0.25) is 0 Å². The van der Waals surface area contributed by atoms with Gasteiger partial charge in [-0.3, -0.25) is 33.7 Å². The summed E-state index contributed by atoms with van der Waals surface area (Å²) in [6.07, 6.45) is 2.62. The van der Waals surface area contributed by atoms with Crippen LogP contribution in [0.3, 0.4) is 0 Å². The molecule has 16 nitrogen and oxygen atoms in total. The first-order valence-corrected chi connectivity index (χ1v) is 25.5. The van der Waals surface area contributed by atoms with Gasteiger partial charge < -0.3 is 46.5 Å². The van der Waals surface area contributed by atoms with E-state index in [2.05, 4.69) is 56.2 Å². The molecule has 8 atom stereocenters. The van der Waals surface area contributed by atoms with E-state index in [9.17, 15) is 28.8 Å². The van der Waals surface area contributed by atoms with Crippen LogP contribution in [-0.4, -0.2) is 172 Å². The molecule has 0 bridgehead atoms. The van der Waals surface area contributed by atoms with E-state index in [-0.39, 0.29) is 72.7 Å². The van der Waals surface area contributed by atoms with Crippen molar-refractivity contribution in [1.29, 1.82) is 0 Å². The maximum Gasteiger partial charge on any atom is 0.251 e. The second kappa shape index (κ2) is 25.9. The zero-order valence-electron chi connectivity index (χ0n) is 44.6. The van der Waals surface area contributed by atoms with Crippen molar-refractivity contribution in [2.24, 2.45) is 10.8 Å². The molecular formula is C55H81BN10O6. The van der Waals surface area contributed by atoms with Gasteiger partial charge in [-0.25, -0.2) is 0 Å². The monoisotopic (exact) mass is 989 g/mol. The van der Waals surface area contributed by atoms with Gasteiger partial charge in [0.25, 0.3) is 11.8 Å². The third-order valence-electron chi connectivity index (χ3n) is 14.0. The van der Waals surface area contributed by atoms with Crippen LogP contribution < -0.4 is 31.9 Å². The van der Waals surface area contributed by atoms with Crippen LogP contribution in [-0.2, 0) is 32.0 Å². The third-order valence-corrected chi connectivity index (χ3v) is 14.0. The van der Waals surface area contributed by atoms with Crippen molar-refractivity contribution in [3.63, 3.8) is 0 Å². The Kier molecular flexibility index (Phi) is 20.6. The summed E-state index contributed by atoms with van der Waals surface area (Å²) in [5.74, 6) is -1.71. The molecule has 0 saturated carbocycles. The van der Waals surface area contributed by atoms with Crippen LogP contribution in [0.5, 0.6) is 0 Å². The summed E-state index contributed by atoms with van der Waals surface area (Å²) in [5.41, 5.74) is 1.88. The van der Waals surface area contributed by atoms with E-state index in [4.69, 9.17) is 7.98 Å². The summed E-state index contributed by atoms with van der Waals surface area (Å²) in [7, 11) is 11.1. The van der Waals surface area contributed by atoms with Crippen LogP contribution in [0.4, 0.5) is 0 Å². The quantitative estimate of drug-likeness (QED) is 0.0646. The minimum absolute atomic E-state index is 0.199. The van der Waals surface area contributed by atoms with Crippen LogP contribution >= 0.6 is 0 Å². The van der Waals surface area contributed by atoms with E-state index < -0.39 is 35.0 Å². The number of nitrogens with one attached hydrogen (secondary N) is 6. The molecule has 3 aromatic rings. The van der Waals surface area contributed by atoms with E-state index in [1.54, 1.807) is 59.9 Å². The Morgan fingerprint density at radius 2 is 0.944 bits per heavy atom. The normalized spacial score (nSPS) is 19.9. The Balaban J connectivity index is 1.25. The largest absolute Gasteiger partial charge is 0.347 e. The van der Waals surface area contributed by atoms with Gasteiger partial charge in [-0.2, -0.15) is 0 Å². The van der Waals surface area contributed by atoms with Gasteiger partial charge in [0, 0.05) is 61.5 Å². The maximum atomic E-state index is 14.5. The van der Waals surface area contributed by atoms with E-state index in [1.807, 2.05) is 92.0 Å². The zero-order valence-corrected chi connectivity index (χ0v) is 44.6. The number of hydrogen-bond donors (Lipinski definition) is 6. The SMILES string of the molecule is [B]N(C)[C@@H](C)C(=O)N[C@H](C(=O)N1C[C@@H](NC(=O)c2ccc(C(=O)N[C@H]3C[C@@H](CNCCc4ccccc4)N(C(=O)[C@@H](NC(=O)[C@H](C)N(C)C)C(C)(C)C)C3)cc2)C[C@H]1CNCCc1ccccc1)C(C)(C)C. The Hall–Kier alpha value is -5.62. The number of carbonyl (C=O) groups excluding carboxylic acids is 6. The molecule has 3 aromatic carbocycles. The van der Waals surface area contributed by atoms with Gasteiger partial charge in [-0.15, -0.1) is 0 Å². The van der Waals surface area contributed by atoms with E-state index in [0.717, 1.165) is 12.8 Å². The molecule has 17 heteroatoms. The zero-order chi connectivity index (χ0) is 52.9. The molecule has 6 N–H and O–H groups in total. The molecule has 72 heavy (non-hydrogen) atoms. The number of likely N-dealkylation sites (tertiary alicyclic amines) is 2. The summed E-state index contributed by atoms with van der Waals surface area (Å²) in [6.45, 7) is 17.9. The predicted molar refractivity (Wildman–Crippen MR) is 284 cm³/mol. The second-order valence-corrected chi connectivity index (χ2v) is 22.2. The fourth-order valence-electron chi connectivity index (χ4n) is 9.15. The molecule has 390 valence electrons. The van der Waals surface area contributed by atoms with Crippen molar-refractivity contribution in [3.8, 4) is 0 Å². The number of carbonyl (C=O) groups is 6. The lowest BCUT2D eigenvalue weighted by Crippen LogP contribution is -2.59. The molecule has 0 aromatic heterocycles. The van der Waals surface area contributed by atoms with Crippen molar-refractivity contribution in [2.45, 2.75) is 129 Å². The molecule has 2 saturated heterocycles. The summed E-state index contributed by atoms with van der Waals surface area (Å²) >= 11 is 0. The number of benzene rings is 3. The summed E-state index contributed by atoms with van der Waals surface area (Å²) in [4.78, 5) is 89.9. The Morgan fingerprint density at radius 3 is 1.28 bits per heavy atom. The molecule has 0 unspecified atom stereocenters. The minimum atomic E-state index is -0.849. The average Bonchev–Trinajstić information content (AvgIpc) is 3.94. The molecule has 2 aliphatic heterocycles. The molecular weight excluding hydrogens is 907 g/mol. The molecule has 0 aliphatic carbocycles. The van der Waals surface area contributed by atoms with Crippen molar-refractivity contribution < 1.29 is 28.8 Å². The number of amides is 6. The first kappa shape index (κ1) is 57.3. The van der Waals surface area contributed by atoms with Crippen molar-refractivity contribution in [2.75, 3.05) is 60.4 Å². The highest BCUT2D eigenvalue weighted by Gasteiger charge is 2.45. The number of nitrogens with zero attached hydrogens (tertiary/aromatic N) is 4. The molecule has 5 rings (SSSR count). The smallest absolute Gasteiger partial charge is 0.251 e. The maximum absolute atomic E-state index is 14.5. The average molecular weight is 989 g/mol. The van der Waals surface area contributed by atoms with E-state index in [1.165, 1.54) is 15.9 Å². The Morgan fingerprint density at radius 1 is 0.583 bits per heavy atom. The van der Waals surface area contributed by atoms with E-state index >= 15 is 0 Å². The lowest BCUT2D eigenvalue weighted by atomic mass is 9.85. The van der Waals surface area contributed by atoms with Crippen LogP contribution in [0, 0.1) is 10.8 Å². The van der Waals surface area contributed by atoms with Crippen LogP contribution in [0.1, 0.15) is 100 Å². The van der Waals surface area contributed by atoms with Gasteiger partial charge in [-0.1, -0.05) is 102 Å². The highest BCUT2D eigenvalue weighted by molar-refractivity contribution is 6.06. The topological polar surface area (TPSA) is 188 Å². The Bertz CT molecular complexity index is 2110. The fourth-order valence-corrected chi connectivity index (χ4v) is 9.15. The molecule has 2 heterocycles. The summed E-state index contributed by atoms with van der Waals surface area (Å²) in [6, 6.07) is 22.7. The number of hydrogen-bond acceptors (Lipinski definition) is 10. The fraction of sp³-hybridized carbons (Fsp3) is 0.564. The van der Waals surface area contributed by atoms with Gasteiger partial charge >= 0.3 is 0 Å². The van der Waals surface area contributed by atoms with E-state index in [0.29, 0.717) is 50.1 Å². The van der Waals surface area contributed by atoms with Crippen molar-refractivity contribution in [1.82, 2.24) is 51.4 Å². The highest BCUT2D eigenvalue weighted by atomic mass is 16.2. The lowest BCUT2D eigenvalue weighted by Gasteiger charge is -2.37. The van der Waals surface area contributed by atoms with Gasteiger partial charge in [0.1, 0.15) is 12.1 Å². The second-order valence-electron chi connectivity index (χ2n) is 22.2. The highest BCUT2D eigenvalue weighted by Crippen LogP contribution is 2.28. The third kappa shape index (κ3) is 16.2. The molecule has 2 radical (unpaired) electrons. The predicted octanol–water partition coefficient (Wildman–Crippen LogP) is 3.17. The van der Waals surface area contributed by atoms with Crippen molar-refractivity contribution >= 4 is 43.4 Å².